The minimum atomic E-state index is -3.65. The molecule has 1 aliphatic rings. The molecule has 1 aromatic carbocycles. The Morgan fingerprint density at radius 2 is 1.83 bits per heavy atom. The summed E-state index contributed by atoms with van der Waals surface area (Å²) < 4.78 is 29.1. The Kier molecular flexibility index (Phi) is 6.52. The molecule has 0 spiro atoms. The predicted octanol–water partition coefficient (Wildman–Crippen LogP) is 2.06. The topological polar surface area (TPSA) is 97.2 Å². The van der Waals surface area contributed by atoms with E-state index in [0.717, 1.165) is 34.0 Å². The van der Waals surface area contributed by atoms with Gasteiger partial charge < -0.3 is 5.32 Å². The lowest BCUT2D eigenvalue weighted by Gasteiger charge is -2.25. The van der Waals surface area contributed by atoms with Crippen LogP contribution in [0, 0.1) is 0 Å². The third-order valence-electron chi connectivity index (χ3n) is 4.71. The molecule has 30 heavy (non-hydrogen) atoms. The third-order valence-corrected chi connectivity index (χ3v) is 8.64. The van der Waals surface area contributed by atoms with Crippen LogP contribution in [-0.4, -0.2) is 58.0 Å². The largest absolute Gasteiger partial charge is 0.347 e. The highest BCUT2D eigenvalue weighted by Gasteiger charge is 2.31. The molecule has 1 saturated heterocycles. The number of aromatic nitrogens is 3. The number of carbonyl (C=O) groups excluding carboxylic acids is 1. The highest BCUT2D eigenvalue weighted by molar-refractivity contribution is 7.99. The summed E-state index contributed by atoms with van der Waals surface area (Å²) in [6, 6.07) is 9.33. The lowest BCUT2D eigenvalue weighted by Crippen LogP contribution is -2.38. The molecule has 1 amide bonds. The van der Waals surface area contributed by atoms with E-state index in [0.29, 0.717) is 26.2 Å². The van der Waals surface area contributed by atoms with Gasteiger partial charge in [-0.05, 0) is 22.6 Å². The molecule has 4 rings (SSSR count). The van der Waals surface area contributed by atoms with Gasteiger partial charge in [0.05, 0.1) is 6.54 Å². The molecule has 0 saturated carbocycles. The number of benzene rings is 1. The molecule has 158 valence electrons. The molecular weight excluding hydrogens is 442 g/mol. The van der Waals surface area contributed by atoms with Crippen LogP contribution in [0.4, 0.5) is 0 Å². The first-order valence-corrected chi connectivity index (χ1v) is 12.9. The summed E-state index contributed by atoms with van der Waals surface area (Å²) in [4.78, 5) is 17.0. The maximum Gasteiger partial charge on any atom is 0.263 e. The van der Waals surface area contributed by atoms with Crippen molar-refractivity contribution in [2.24, 2.45) is 0 Å². The first-order chi connectivity index (χ1) is 14.5. The molecule has 2 aromatic heterocycles. The fourth-order valence-corrected chi connectivity index (χ4v) is 7.01. The van der Waals surface area contributed by atoms with Crippen LogP contribution in [-0.2, 0) is 23.1 Å². The Morgan fingerprint density at radius 3 is 2.53 bits per heavy atom. The Bertz CT molecular complexity index is 1090. The Balaban J connectivity index is 1.40. The number of thioether (sulfide) groups is 1. The second kappa shape index (κ2) is 9.29. The zero-order chi connectivity index (χ0) is 21.0. The van der Waals surface area contributed by atoms with Crippen molar-refractivity contribution < 1.29 is 13.2 Å². The van der Waals surface area contributed by atoms with Crippen molar-refractivity contribution in [3.05, 3.63) is 64.4 Å². The van der Waals surface area contributed by atoms with Gasteiger partial charge in [-0.15, -0.1) is 11.3 Å². The van der Waals surface area contributed by atoms with Crippen LogP contribution in [0.15, 0.2) is 53.3 Å². The molecule has 0 radical (unpaired) electrons. The predicted molar refractivity (Wildman–Crippen MR) is 117 cm³/mol. The molecule has 0 aliphatic carbocycles. The van der Waals surface area contributed by atoms with Crippen LogP contribution in [0.3, 0.4) is 0 Å². The van der Waals surface area contributed by atoms with E-state index in [1.54, 1.807) is 28.2 Å². The van der Waals surface area contributed by atoms with Crippen LogP contribution >= 0.6 is 23.1 Å². The van der Waals surface area contributed by atoms with Crippen molar-refractivity contribution in [3.63, 3.8) is 0 Å². The fourth-order valence-electron chi connectivity index (χ4n) is 3.12. The molecule has 1 N–H and O–H groups in total. The number of nitrogens with one attached hydrogen (secondary N) is 1. The standard InChI is InChI=1S/C19H21N5O3S3/c25-19(18-17(5-8-29-18)30(26,27)24-6-9-28-10-7-24)21-11-15-1-3-16(4-2-15)12-23-14-20-13-22-23/h1-5,8,13-14H,6-7,9-12H2,(H,21,25). The Hall–Kier alpha value is -2.21. The number of sulfonamides is 1. The van der Waals surface area contributed by atoms with Crippen LogP contribution in [0.5, 0.6) is 0 Å². The van der Waals surface area contributed by atoms with Crippen molar-refractivity contribution >= 4 is 39.0 Å². The first kappa shape index (κ1) is 21.0. The summed E-state index contributed by atoms with van der Waals surface area (Å²) in [6.45, 7) is 1.90. The van der Waals surface area contributed by atoms with E-state index in [4.69, 9.17) is 0 Å². The summed E-state index contributed by atoms with van der Waals surface area (Å²) in [6.07, 6.45) is 3.15. The van der Waals surface area contributed by atoms with Crippen molar-refractivity contribution in [1.82, 2.24) is 24.4 Å². The molecule has 0 atom stereocenters. The molecule has 0 bridgehead atoms. The molecule has 1 aliphatic heterocycles. The number of hydrogen-bond acceptors (Lipinski definition) is 7. The quantitative estimate of drug-likeness (QED) is 0.576. The summed E-state index contributed by atoms with van der Waals surface area (Å²) in [5.41, 5.74) is 2.00. The SMILES string of the molecule is O=C(NCc1ccc(Cn2cncn2)cc1)c1sccc1S(=O)(=O)N1CCSCC1. The van der Waals surface area contributed by atoms with Crippen molar-refractivity contribution in [3.8, 4) is 0 Å². The Morgan fingerprint density at radius 1 is 1.10 bits per heavy atom. The van der Waals surface area contributed by atoms with Gasteiger partial charge in [-0.1, -0.05) is 24.3 Å². The Labute approximate surface area is 183 Å². The van der Waals surface area contributed by atoms with Crippen LogP contribution < -0.4 is 5.32 Å². The van der Waals surface area contributed by atoms with Gasteiger partial charge in [0.2, 0.25) is 10.0 Å². The number of carbonyl (C=O) groups is 1. The van der Waals surface area contributed by atoms with E-state index in [9.17, 15) is 13.2 Å². The minimum Gasteiger partial charge on any atom is -0.347 e. The van der Waals surface area contributed by atoms with Gasteiger partial charge in [0.1, 0.15) is 22.4 Å². The zero-order valence-electron chi connectivity index (χ0n) is 16.1. The molecule has 11 heteroatoms. The van der Waals surface area contributed by atoms with Gasteiger partial charge >= 0.3 is 0 Å². The van der Waals surface area contributed by atoms with Crippen LogP contribution in [0.1, 0.15) is 20.8 Å². The van der Waals surface area contributed by atoms with Gasteiger partial charge in [0.25, 0.3) is 5.91 Å². The van der Waals surface area contributed by atoms with E-state index in [1.165, 1.54) is 16.7 Å². The average Bonchev–Trinajstić information content (AvgIpc) is 3.46. The van der Waals surface area contributed by atoms with E-state index in [-0.39, 0.29) is 15.7 Å². The molecule has 8 nitrogen and oxygen atoms in total. The summed E-state index contributed by atoms with van der Waals surface area (Å²) in [5, 5.41) is 8.57. The average molecular weight is 464 g/mol. The summed E-state index contributed by atoms with van der Waals surface area (Å²) in [5.74, 6) is 1.18. The molecule has 1 fully saturated rings. The highest BCUT2D eigenvalue weighted by atomic mass is 32.2. The van der Waals surface area contributed by atoms with E-state index >= 15 is 0 Å². The maximum atomic E-state index is 12.9. The maximum absolute atomic E-state index is 12.9. The number of amides is 1. The van der Waals surface area contributed by atoms with Crippen molar-refractivity contribution in [1.29, 1.82) is 0 Å². The van der Waals surface area contributed by atoms with Gasteiger partial charge in [0, 0.05) is 31.1 Å². The van der Waals surface area contributed by atoms with Crippen molar-refractivity contribution in [2.45, 2.75) is 18.0 Å². The number of hydrogen-bond donors (Lipinski definition) is 1. The normalized spacial score (nSPS) is 15.2. The summed E-state index contributed by atoms with van der Waals surface area (Å²) >= 11 is 2.89. The molecule has 3 heterocycles. The minimum absolute atomic E-state index is 0.0973. The number of thiophene rings is 1. The highest BCUT2D eigenvalue weighted by Crippen LogP contribution is 2.27. The number of nitrogens with zero attached hydrogens (tertiary/aromatic N) is 4. The van der Waals surface area contributed by atoms with E-state index < -0.39 is 10.0 Å². The van der Waals surface area contributed by atoms with E-state index in [1.807, 2.05) is 24.3 Å². The second-order valence-corrected chi connectivity index (χ2v) is 10.8. The molecular formula is C19H21N5O3S3. The molecule has 3 aromatic rings. The van der Waals surface area contributed by atoms with Gasteiger partial charge in [-0.3, -0.25) is 4.79 Å². The summed E-state index contributed by atoms with van der Waals surface area (Å²) in [7, 11) is -3.65. The van der Waals surface area contributed by atoms with Gasteiger partial charge in [-0.2, -0.15) is 21.2 Å². The van der Waals surface area contributed by atoms with Crippen molar-refractivity contribution in [2.75, 3.05) is 24.6 Å². The molecule has 0 unspecified atom stereocenters. The monoisotopic (exact) mass is 463 g/mol. The van der Waals surface area contributed by atoms with Gasteiger partial charge in [0.15, 0.2) is 0 Å². The third kappa shape index (κ3) is 4.75. The fraction of sp³-hybridized carbons (Fsp3) is 0.316. The lowest BCUT2D eigenvalue weighted by atomic mass is 10.1. The van der Waals surface area contributed by atoms with E-state index in [2.05, 4.69) is 15.4 Å². The second-order valence-electron chi connectivity index (χ2n) is 6.72. The zero-order valence-corrected chi connectivity index (χ0v) is 18.5. The van der Waals surface area contributed by atoms with Crippen LogP contribution in [0.25, 0.3) is 0 Å². The first-order valence-electron chi connectivity index (χ1n) is 9.38. The smallest absolute Gasteiger partial charge is 0.263 e. The van der Waals surface area contributed by atoms with Gasteiger partial charge in [-0.25, -0.2) is 18.1 Å². The lowest BCUT2D eigenvalue weighted by molar-refractivity contribution is 0.0952. The number of rotatable bonds is 7. The van der Waals surface area contributed by atoms with Crippen LogP contribution in [0.2, 0.25) is 0 Å².